The van der Waals surface area contributed by atoms with Crippen LogP contribution in [0.25, 0.3) is 0 Å². The van der Waals surface area contributed by atoms with Gasteiger partial charge in [0.05, 0.1) is 12.8 Å². The zero-order valence-corrected chi connectivity index (χ0v) is 31.1. The lowest BCUT2D eigenvalue weighted by Gasteiger charge is -2.18. The molecule has 0 atom stereocenters. The van der Waals surface area contributed by atoms with Crippen LogP contribution in [0.5, 0.6) is 0 Å². The number of hydrogen-bond donors (Lipinski definition) is 1. The highest BCUT2D eigenvalue weighted by atomic mass is 16.5. The predicted octanol–water partition coefficient (Wildman–Crippen LogP) is 10.0. The van der Waals surface area contributed by atoms with Crippen LogP contribution in [0, 0.1) is 23.7 Å². The summed E-state index contributed by atoms with van der Waals surface area (Å²) in [6, 6.07) is 0. The van der Waals surface area contributed by atoms with Crippen LogP contribution in [0.1, 0.15) is 194 Å². The first-order valence-electron chi connectivity index (χ1n) is 19.5. The van der Waals surface area contributed by atoms with E-state index in [1.54, 1.807) is 0 Å². The number of carboxylic acid groups (broad SMARTS) is 1. The molecule has 8 nitrogen and oxygen atoms in total. The minimum Gasteiger partial charge on any atom is -0.481 e. The average Bonchev–Trinajstić information content (AvgIpc) is 3.08. The fourth-order valence-electron chi connectivity index (χ4n) is 5.27. The Morgan fingerprint density at radius 1 is 0.469 bits per heavy atom. The fourth-order valence-corrected chi connectivity index (χ4v) is 5.27. The Labute approximate surface area is 298 Å². The van der Waals surface area contributed by atoms with Gasteiger partial charge < -0.3 is 19.3 Å². The number of rotatable bonds is 32. The largest absolute Gasteiger partial charge is 0.481 e. The Morgan fingerprint density at radius 2 is 0.878 bits per heavy atom. The number of aliphatic carboxylic acids is 1. The summed E-state index contributed by atoms with van der Waals surface area (Å²) in [5.41, 5.74) is 0. The van der Waals surface area contributed by atoms with Crippen LogP contribution >= 0.6 is 0 Å². The van der Waals surface area contributed by atoms with E-state index in [-0.39, 0.29) is 30.9 Å². The van der Waals surface area contributed by atoms with Crippen LogP contribution in [-0.4, -0.2) is 48.3 Å². The monoisotopic (exact) mass is 688 g/mol. The predicted molar refractivity (Wildman–Crippen MR) is 196 cm³/mol. The fraction of sp³-hybridized carbons (Fsp3) is 0.805. The lowest BCUT2D eigenvalue weighted by atomic mass is 10.0. The van der Waals surface area contributed by atoms with Crippen molar-refractivity contribution in [2.45, 2.75) is 200 Å². The van der Waals surface area contributed by atoms with Gasteiger partial charge in [0.2, 0.25) is 0 Å². The molecule has 0 aliphatic rings. The molecular weight excluding hydrogens is 620 g/mol. The maximum atomic E-state index is 12.2. The maximum absolute atomic E-state index is 12.2. The Bertz CT molecular complexity index is 905. The highest BCUT2D eigenvalue weighted by Crippen LogP contribution is 2.18. The number of carbonyl (C=O) groups excluding carboxylic acids is 3. The van der Waals surface area contributed by atoms with Crippen molar-refractivity contribution in [2.75, 3.05) is 13.2 Å². The van der Waals surface area contributed by atoms with Gasteiger partial charge >= 0.3 is 23.9 Å². The normalized spacial score (nSPS) is 10.5. The van der Waals surface area contributed by atoms with E-state index in [0.29, 0.717) is 38.9 Å². The van der Waals surface area contributed by atoms with Crippen molar-refractivity contribution in [2.24, 2.45) is 0 Å². The Balaban J connectivity index is 4.06. The molecule has 0 aliphatic heterocycles. The first kappa shape index (κ1) is 46.0. The second kappa shape index (κ2) is 36.3. The number of ether oxygens (including phenoxy) is 3. The molecule has 0 fully saturated rings. The summed E-state index contributed by atoms with van der Waals surface area (Å²) in [6.45, 7) is 5.10. The second-order valence-corrected chi connectivity index (χ2v) is 12.9. The molecule has 49 heavy (non-hydrogen) atoms. The van der Waals surface area contributed by atoms with Gasteiger partial charge in [0.15, 0.2) is 0 Å². The van der Waals surface area contributed by atoms with E-state index in [9.17, 15) is 19.2 Å². The van der Waals surface area contributed by atoms with Crippen molar-refractivity contribution in [1.29, 1.82) is 0 Å². The zero-order valence-electron chi connectivity index (χ0n) is 31.1. The molecule has 0 bridgehead atoms. The number of carboxylic acids is 1. The van der Waals surface area contributed by atoms with Crippen LogP contribution in [0.2, 0.25) is 0 Å². The summed E-state index contributed by atoms with van der Waals surface area (Å²) in [6.07, 6.45) is 23.7. The number of hydrogen-bond acceptors (Lipinski definition) is 7. The minimum absolute atomic E-state index is 0.116. The minimum atomic E-state index is -1.01. The van der Waals surface area contributed by atoms with Crippen LogP contribution in [0.3, 0.4) is 0 Å². The van der Waals surface area contributed by atoms with Gasteiger partial charge in [-0.15, -0.1) is 11.8 Å². The Kier molecular flexibility index (Phi) is 34.1. The molecule has 0 spiro atoms. The van der Waals surface area contributed by atoms with Crippen molar-refractivity contribution in [1.82, 2.24) is 0 Å². The number of unbranched alkanes of at least 4 members (excludes halogenated alkanes) is 16. The Morgan fingerprint density at radius 3 is 1.33 bits per heavy atom. The first-order valence-corrected chi connectivity index (χ1v) is 19.5. The zero-order chi connectivity index (χ0) is 36.0. The molecule has 8 heteroatoms. The molecule has 0 saturated heterocycles. The van der Waals surface area contributed by atoms with Gasteiger partial charge in [-0.25, -0.2) is 0 Å². The van der Waals surface area contributed by atoms with Gasteiger partial charge in [0.25, 0.3) is 0 Å². The summed E-state index contributed by atoms with van der Waals surface area (Å²) in [5.74, 6) is 10.7. The van der Waals surface area contributed by atoms with Gasteiger partial charge in [-0.3, -0.25) is 19.2 Å². The lowest BCUT2D eigenvalue weighted by Crippen LogP contribution is -2.19. The van der Waals surface area contributed by atoms with Gasteiger partial charge in [-0.05, 0) is 51.4 Å². The molecule has 0 aliphatic carbocycles. The van der Waals surface area contributed by atoms with E-state index in [4.69, 9.17) is 19.3 Å². The molecule has 0 radical (unpaired) electrons. The summed E-state index contributed by atoms with van der Waals surface area (Å²) >= 11 is 0. The summed E-state index contributed by atoms with van der Waals surface area (Å²) in [4.78, 5) is 47.0. The first-order chi connectivity index (χ1) is 23.9. The third-order valence-electron chi connectivity index (χ3n) is 8.20. The summed E-state index contributed by atoms with van der Waals surface area (Å²) < 4.78 is 16.2. The SMILES string of the molecule is CCCCCCC#CCCOC(=O)CCCCCCCC(CCCCCCCC(=O)OCCC#CCCCCCC)OC(=O)CCC(=O)O. The van der Waals surface area contributed by atoms with Crippen LogP contribution in [-0.2, 0) is 33.4 Å². The van der Waals surface area contributed by atoms with Gasteiger partial charge in [0.1, 0.15) is 19.3 Å². The smallest absolute Gasteiger partial charge is 0.306 e. The van der Waals surface area contributed by atoms with Crippen LogP contribution < -0.4 is 0 Å². The molecule has 0 amide bonds. The van der Waals surface area contributed by atoms with E-state index >= 15 is 0 Å². The third kappa shape index (κ3) is 36.1. The standard InChI is InChI=1S/C41H68O8/c1-3-5-7-9-11-13-21-27-35-47-39(44)31-25-19-15-17-23-29-37(49-41(46)34-33-38(42)43)30-24-18-16-20-26-32-40(45)48-36-28-22-14-12-10-8-6-4-2/h37H,3-12,15-20,23-36H2,1-2H3,(H,42,43). The highest BCUT2D eigenvalue weighted by Gasteiger charge is 2.15. The Hall–Kier alpha value is -3.00. The van der Waals surface area contributed by atoms with E-state index in [0.717, 1.165) is 103 Å². The molecule has 0 unspecified atom stereocenters. The molecule has 1 N–H and O–H groups in total. The molecule has 0 aromatic rings. The van der Waals surface area contributed by atoms with Crippen molar-refractivity contribution in [3.8, 4) is 23.7 Å². The molecule has 0 aromatic heterocycles. The molecule has 0 heterocycles. The maximum Gasteiger partial charge on any atom is 0.306 e. The van der Waals surface area contributed by atoms with E-state index < -0.39 is 11.9 Å². The van der Waals surface area contributed by atoms with Gasteiger partial charge in [-0.2, -0.15) is 0 Å². The van der Waals surface area contributed by atoms with E-state index in [1.807, 2.05) is 0 Å². The van der Waals surface area contributed by atoms with Crippen molar-refractivity contribution >= 4 is 23.9 Å². The average molecular weight is 689 g/mol. The molecule has 0 rings (SSSR count). The third-order valence-corrected chi connectivity index (χ3v) is 8.20. The molecular formula is C41H68O8. The summed E-state index contributed by atoms with van der Waals surface area (Å²) in [7, 11) is 0. The van der Waals surface area contributed by atoms with Gasteiger partial charge in [-0.1, -0.05) is 103 Å². The highest BCUT2D eigenvalue weighted by molar-refractivity contribution is 5.76. The van der Waals surface area contributed by atoms with Crippen molar-refractivity contribution in [3.63, 3.8) is 0 Å². The summed E-state index contributed by atoms with van der Waals surface area (Å²) in [5, 5.41) is 8.89. The van der Waals surface area contributed by atoms with Crippen molar-refractivity contribution in [3.05, 3.63) is 0 Å². The topological polar surface area (TPSA) is 116 Å². The quantitative estimate of drug-likeness (QED) is 0.0321. The van der Waals surface area contributed by atoms with Crippen LogP contribution in [0.4, 0.5) is 0 Å². The van der Waals surface area contributed by atoms with Crippen LogP contribution in [0.15, 0.2) is 0 Å². The van der Waals surface area contributed by atoms with Crippen molar-refractivity contribution < 1.29 is 38.5 Å². The molecule has 0 aromatic carbocycles. The second-order valence-electron chi connectivity index (χ2n) is 12.9. The van der Waals surface area contributed by atoms with Gasteiger partial charge in [0, 0.05) is 38.5 Å². The van der Waals surface area contributed by atoms with E-state index in [1.165, 1.54) is 38.5 Å². The molecule has 280 valence electrons. The molecule has 0 saturated carbocycles. The lowest BCUT2D eigenvalue weighted by molar-refractivity contribution is -0.152. The van der Waals surface area contributed by atoms with E-state index in [2.05, 4.69) is 37.5 Å². The number of esters is 3. The number of carbonyl (C=O) groups is 4.